The number of nitrogens with one attached hydrogen (secondary N) is 1. The van der Waals surface area contributed by atoms with Gasteiger partial charge in [0.15, 0.2) is 4.34 Å². The molecule has 0 saturated carbocycles. The lowest BCUT2D eigenvalue weighted by Crippen LogP contribution is -2.39. The number of nitrogens with two attached hydrogens (primary N) is 1. The summed E-state index contributed by atoms with van der Waals surface area (Å²) in [6.45, 7) is 5.83. The van der Waals surface area contributed by atoms with Crippen LogP contribution in [0.15, 0.2) is 4.34 Å². The third-order valence-electron chi connectivity index (χ3n) is 2.28. The number of hydrogen-bond acceptors (Lipinski definition) is 8. The fourth-order valence-electron chi connectivity index (χ4n) is 1.13. The minimum absolute atomic E-state index is 0.0422. The predicted molar refractivity (Wildman–Crippen MR) is 78.7 cm³/mol. The van der Waals surface area contributed by atoms with Gasteiger partial charge in [0.2, 0.25) is 11.0 Å². The van der Waals surface area contributed by atoms with E-state index in [0.717, 1.165) is 0 Å². The number of amides is 1. The van der Waals surface area contributed by atoms with Gasteiger partial charge in [-0.15, -0.1) is 10.2 Å². The van der Waals surface area contributed by atoms with Crippen LogP contribution in [0.25, 0.3) is 0 Å². The number of thioether (sulfide) groups is 1. The van der Waals surface area contributed by atoms with Gasteiger partial charge >= 0.3 is 5.97 Å². The molecule has 1 heterocycles. The van der Waals surface area contributed by atoms with Gasteiger partial charge < -0.3 is 10.5 Å². The molecule has 3 N–H and O–H groups in total. The molecule has 0 radical (unpaired) electrons. The van der Waals surface area contributed by atoms with Crippen LogP contribution in [0.1, 0.15) is 20.8 Å². The average Bonchev–Trinajstić information content (AvgIpc) is 2.83. The highest BCUT2D eigenvalue weighted by Crippen LogP contribution is 2.25. The first-order chi connectivity index (χ1) is 9.43. The monoisotopic (exact) mass is 318 g/mol. The molecule has 0 aliphatic rings. The maximum absolute atomic E-state index is 11.7. The predicted octanol–water partition coefficient (Wildman–Crippen LogP) is 1.12. The van der Waals surface area contributed by atoms with Crippen molar-refractivity contribution in [3.05, 3.63) is 0 Å². The summed E-state index contributed by atoms with van der Waals surface area (Å²) in [6, 6.07) is -0.588. The van der Waals surface area contributed by atoms with Crippen LogP contribution in [0.3, 0.4) is 0 Å². The topological polar surface area (TPSA) is 107 Å². The first-order valence-electron chi connectivity index (χ1n) is 6.12. The maximum Gasteiger partial charge on any atom is 0.316 e. The fourth-order valence-corrected chi connectivity index (χ4v) is 2.69. The minimum atomic E-state index is -0.588. The summed E-state index contributed by atoms with van der Waals surface area (Å²) in [6.07, 6.45) is 0. The molecule has 1 unspecified atom stereocenters. The number of aromatic nitrogens is 2. The van der Waals surface area contributed by atoms with Crippen molar-refractivity contribution >= 4 is 40.1 Å². The molecule has 0 bridgehead atoms. The molecule has 0 aliphatic heterocycles. The second-order valence-corrected chi connectivity index (χ2v) is 6.43. The van der Waals surface area contributed by atoms with Gasteiger partial charge in [-0.25, -0.2) is 0 Å². The zero-order valence-electron chi connectivity index (χ0n) is 11.6. The summed E-state index contributed by atoms with van der Waals surface area (Å²) < 4.78 is 5.39. The molecule has 112 valence electrons. The molecular formula is C11H18N4O3S2. The van der Waals surface area contributed by atoms with Crippen LogP contribution >= 0.6 is 23.1 Å². The van der Waals surface area contributed by atoms with Gasteiger partial charge in [0.05, 0.1) is 18.4 Å². The maximum atomic E-state index is 11.7. The van der Waals surface area contributed by atoms with Crippen LogP contribution in [-0.4, -0.2) is 40.5 Å². The second-order valence-electron chi connectivity index (χ2n) is 4.23. The van der Waals surface area contributed by atoms with Crippen molar-refractivity contribution in [2.45, 2.75) is 31.2 Å². The van der Waals surface area contributed by atoms with Crippen molar-refractivity contribution in [1.82, 2.24) is 10.2 Å². The van der Waals surface area contributed by atoms with E-state index >= 15 is 0 Å². The average molecular weight is 318 g/mol. The van der Waals surface area contributed by atoms with E-state index in [4.69, 9.17) is 10.5 Å². The third-order valence-corrected chi connectivity index (χ3v) is 4.22. The molecule has 1 atom stereocenters. The Bertz CT molecular complexity index is 464. The Morgan fingerprint density at radius 3 is 2.75 bits per heavy atom. The molecule has 0 aromatic carbocycles. The molecule has 0 saturated heterocycles. The number of carbonyl (C=O) groups is 2. The highest BCUT2D eigenvalue weighted by molar-refractivity contribution is 8.01. The lowest BCUT2D eigenvalue weighted by atomic mass is 10.1. The van der Waals surface area contributed by atoms with Crippen molar-refractivity contribution < 1.29 is 14.3 Å². The Hall–Kier alpha value is -1.19. The van der Waals surface area contributed by atoms with Gasteiger partial charge in [0.25, 0.3) is 0 Å². The summed E-state index contributed by atoms with van der Waals surface area (Å²) in [4.78, 5) is 22.9. The summed E-state index contributed by atoms with van der Waals surface area (Å²) in [7, 11) is 0. The first-order valence-corrected chi connectivity index (χ1v) is 7.92. The number of anilines is 1. The van der Waals surface area contributed by atoms with Crippen molar-refractivity contribution in [3.63, 3.8) is 0 Å². The van der Waals surface area contributed by atoms with Crippen molar-refractivity contribution in [2.75, 3.05) is 17.7 Å². The number of esters is 1. The Labute approximate surface area is 125 Å². The van der Waals surface area contributed by atoms with Crippen molar-refractivity contribution in [1.29, 1.82) is 0 Å². The molecule has 20 heavy (non-hydrogen) atoms. The van der Waals surface area contributed by atoms with Crippen LogP contribution in [-0.2, 0) is 14.3 Å². The molecular weight excluding hydrogens is 300 g/mol. The third kappa shape index (κ3) is 5.43. The van der Waals surface area contributed by atoms with Crippen LogP contribution in [0.4, 0.5) is 5.13 Å². The van der Waals surface area contributed by atoms with Gasteiger partial charge in [0, 0.05) is 0 Å². The zero-order chi connectivity index (χ0) is 15.1. The number of carbonyl (C=O) groups excluding carboxylic acids is 2. The fraction of sp³-hybridized carbons (Fsp3) is 0.636. The Morgan fingerprint density at radius 1 is 1.45 bits per heavy atom. The van der Waals surface area contributed by atoms with Crippen LogP contribution in [0, 0.1) is 5.92 Å². The molecule has 0 aliphatic carbocycles. The standard InChI is InChI=1S/C11H18N4O3S2/c1-4-18-7(16)5-19-11-15-14-10(20-11)13-9(17)8(12)6(2)3/h6,8H,4-5,12H2,1-3H3,(H,13,14,17). The molecule has 0 fully saturated rings. The van der Waals surface area contributed by atoms with E-state index in [9.17, 15) is 9.59 Å². The zero-order valence-corrected chi connectivity index (χ0v) is 13.2. The van der Waals surface area contributed by atoms with Crippen LogP contribution in [0.5, 0.6) is 0 Å². The number of hydrogen-bond donors (Lipinski definition) is 2. The summed E-state index contributed by atoms with van der Waals surface area (Å²) in [5.74, 6) is -0.388. The van der Waals surface area contributed by atoms with Gasteiger partial charge in [-0.05, 0) is 12.8 Å². The number of nitrogens with zero attached hydrogens (tertiary/aromatic N) is 2. The molecule has 1 aromatic rings. The molecule has 1 aromatic heterocycles. The normalized spacial score (nSPS) is 12.2. The summed E-state index contributed by atoms with van der Waals surface area (Å²) in [5, 5.41) is 10.7. The quantitative estimate of drug-likeness (QED) is 0.440. The number of rotatable bonds is 7. The summed E-state index contributed by atoms with van der Waals surface area (Å²) in [5.41, 5.74) is 5.72. The van der Waals surface area contributed by atoms with Gasteiger partial charge in [0.1, 0.15) is 0 Å². The SMILES string of the molecule is CCOC(=O)CSc1nnc(NC(=O)C(N)C(C)C)s1. The molecule has 9 heteroatoms. The first kappa shape index (κ1) is 16.9. The van der Waals surface area contributed by atoms with Crippen LogP contribution in [0.2, 0.25) is 0 Å². The van der Waals surface area contributed by atoms with E-state index < -0.39 is 6.04 Å². The van der Waals surface area contributed by atoms with Crippen molar-refractivity contribution in [3.8, 4) is 0 Å². The largest absolute Gasteiger partial charge is 0.465 e. The van der Waals surface area contributed by atoms with E-state index in [2.05, 4.69) is 15.5 Å². The Morgan fingerprint density at radius 2 is 2.15 bits per heavy atom. The van der Waals surface area contributed by atoms with E-state index in [1.54, 1.807) is 6.92 Å². The highest BCUT2D eigenvalue weighted by Gasteiger charge is 2.19. The smallest absolute Gasteiger partial charge is 0.316 e. The van der Waals surface area contributed by atoms with E-state index in [0.29, 0.717) is 16.1 Å². The molecule has 7 nitrogen and oxygen atoms in total. The van der Waals surface area contributed by atoms with E-state index in [1.165, 1.54) is 23.1 Å². The van der Waals surface area contributed by atoms with Crippen molar-refractivity contribution in [2.24, 2.45) is 11.7 Å². The highest BCUT2D eigenvalue weighted by atomic mass is 32.2. The molecule has 1 rings (SSSR count). The summed E-state index contributed by atoms with van der Waals surface area (Å²) >= 11 is 2.41. The molecule has 1 amide bonds. The Kier molecular flexibility index (Phi) is 6.89. The van der Waals surface area contributed by atoms with Gasteiger partial charge in [-0.1, -0.05) is 36.9 Å². The lowest BCUT2D eigenvalue weighted by Gasteiger charge is -2.13. The minimum Gasteiger partial charge on any atom is -0.465 e. The van der Waals surface area contributed by atoms with Gasteiger partial charge in [-0.3, -0.25) is 14.9 Å². The number of ether oxygens (including phenoxy) is 1. The Balaban J connectivity index is 2.47. The van der Waals surface area contributed by atoms with Gasteiger partial charge in [-0.2, -0.15) is 0 Å². The van der Waals surface area contributed by atoms with E-state index in [-0.39, 0.29) is 23.5 Å². The second kappa shape index (κ2) is 8.18. The van der Waals surface area contributed by atoms with E-state index in [1.807, 2.05) is 13.8 Å². The van der Waals surface area contributed by atoms with Crippen LogP contribution < -0.4 is 11.1 Å². The lowest BCUT2D eigenvalue weighted by molar-refractivity contribution is -0.139. The molecule has 0 spiro atoms.